The largest absolute Gasteiger partial charge is 0.393 e. The van der Waals surface area contributed by atoms with Crippen molar-refractivity contribution >= 4 is 0 Å². The fourth-order valence-electron chi connectivity index (χ4n) is 3.14. The Kier molecular flexibility index (Phi) is 1.71. The van der Waals surface area contributed by atoms with Crippen LogP contribution in [0.3, 0.4) is 0 Å². The molecule has 2 rings (SSSR count). The molecule has 0 aromatic heterocycles. The lowest BCUT2D eigenvalue weighted by atomic mass is 9.90. The van der Waals surface area contributed by atoms with Crippen LogP contribution in [0.25, 0.3) is 0 Å². The fourth-order valence-corrected chi connectivity index (χ4v) is 3.14. The van der Waals surface area contributed by atoms with Gasteiger partial charge in [-0.1, -0.05) is 20.3 Å². The molecule has 0 aromatic carbocycles. The van der Waals surface area contributed by atoms with E-state index in [1.54, 1.807) is 0 Å². The lowest BCUT2D eigenvalue weighted by molar-refractivity contribution is 0.124. The smallest absolute Gasteiger partial charge is 0.0571 e. The first-order valence-corrected chi connectivity index (χ1v) is 4.88. The Labute approximate surface area is 68.8 Å². The van der Waals surface area contributed by atoms with Gasteiger partial charge in [-0.3, -0.25) is 0 Å². The molecule has 2 aliphatic carbocycles. The van der Waals surface area contributed by atoms with Gasteiger partial charge in [0.05, 0.1) is 6.10 Å². The topological polar surface area (TPSA) is 20.2 Å². The molecule has 11 heavy (non-hydrogen) atoms. The highest BCUT2D eigenvalue weighted by Crippen LogP contribution is 2.50. The van der Waals surface area contributed by atoms with E-state index >= 15 is 0 Å². The second-order valence-electron chi connectivity index (χ2n) is 4.54. The maximum Gasteiger partial charge on any atom is 0.0571 e. The molecule has 0 bridgehead atoms. The molecule has 0 spiro atoms. The average Bonchev–Trinajstić information content (AvgIpc) is 2.43. The SMILES string of the molecule is C[C@H]1[C@@H]2CC[C@@H](C)[C@@H]2C[C@H]1O. The van der Waals surface area contributed by atoms with Crippen LogP contribution >= 0.6 is 0 Å². The van der Waals surface area contributed by atoms with Gasteiger partial charge in [-0.2, -0.15) is 0 Å². The van der Waals surface area contributed by atoms with E-state index in [1.165, 1.54) is 12.8 Å². The Bertz CT molecular complexity index is 155. The third kappa shape index (κ3) is 1.01. The van der Waals surface area contributed by atoms with Gasteiger partial charge in [0, 0.05) is 0 Å². The molecule has 1 N–H and O–H groups in total. The number of hydrogen-bond acceptors (Lipinski definition) is 1. The summed E-state index contributed by atoms with van der Waals surface area (Å²) in [6.45, 7) is 4.56. The molecule has 1 heteroatoms. The van der Waals surface area contributed by atoms with E-state index in [1.807, 2.05) is 0 Å². The summed E-state index contributed by atoms with van der Waals surface area (Å²) in [6, 6.07) is 0. The van der Waals surface area contributed by atoms with Gasteiger partial charge in [0.1, 0.15) is 0 Å². The number of aliphatic hydroxyl groups excluding tert-OH is 1. The van der Waals surface area contributed by atoms with Gasteiger partial charge in [0.2, 0.25) is 0 Å². The van der Waals surface area contributed by atoms with E-state index in [2.05, 4.69) is 13.8 Å². The number of hydrogen-bond donors (Lipinski definition) is 1. The third-order valence-corrected chi connectivity index (χ3v) is 4.03. The molecule has 0 unspecified atom stereocenters. The van der Waals surface area contributed by atoms with Gasteiger partial charge in [-0.25, -0.2) is 0 Å². The van der Waals surface area contributed by atoms with Gasteiger partial charge < -0.3 is 5.11 Å². The van der Waals surface area contributed by atoms with Crippen molar-refractivity contribution in [2.75, 3.05) is 0 Å². The first kappa shape index (κ1) is 7.60. The molecule has 2 saturated carbocycles. The maximum atomic E-state index is 9.62. The Morgan fingerprint density at radius 2 is 1.82 bits per heavy atom. The van der Waals surface area contributed by atoms with E-state index in [9.17, 15) is 5.11 Å². The summed E-state index contributed by atoms with van der Waals surface area (Å²) in [5.41, 5.74) is 0. The van der Waals surface area contributed by atoms with Crippen molar-refractivity contribution in [2.24, 2.45) is 23.7 Å². The fraction of sp³-hybridized carbons (Fsp3) is 1.00. The Balaban J connectivity index is 2.12. The molecule has 0 aliphatic heterocycles. The predicted octanol–water partition coefficient (Wildman–Crippen LogP) is 2.05. The molecule has 2 aliphatic rings. The summed E-state index contributed by atoms with van der Waals surface area (Å²) in [5.74, 6) is 3.14. The van der Waals surface area contributed by atoms with Gasteiger partial charge in [-0.05, 0) is 36.5 Å². The zero-order valence-corrected chi connectivity index (χ0v) is 7.46. The van der Waals surface area contributed by atoms with E-state index in [0.717, 1.165) is 24.2 Å². The zero-order valence-electron chi connectivity index (χ0n) is 7.46. The van der Waals surface area contributed by atoms with E-state index in [-0.39, 0.29) is 6.10 Å². The molecule has 64 valence electrons. The second-order valence-corrected chi connectivity index (χ2v) is 4.54. The summed E-state index contributed by atoms with van der Waals surface area (Å²) in [4.78, 5) is 0. The van der Waals surface area contributed by atoms with Crippen LogP contribution in [0, 0.1) is 23.7 Å². The van der Waals surface area contributed by atoms with Crippen molar-refractivity contribution in [2.45, 2.75) is 39.2 Å². The van der Waals surface area contributed by atoms with Crippen molar-refractivity contribution in [3.63, 3.8) is 0 Å². The van der Waals surface area contributed by atoms with Crippen LogP contribution in [0.2, 0.25) is 0 Å². The molecule has 0 saturated heterocycles. The molecular formula is C10H18O. The summed E-state index contributed by atoms with van der Waals surface area (Å²) in [5, 5.41) is 9.62. The van der Waals surface area contributed by atoms with Crippen LogP contribution in [0.1, 0.15) is 33.1 Å². The number of aliphatic hydroxyl groups is 1. The molecule has 1 nitrogen and oxygen atoms in total. The van der Waals surface area contributed by atoms with Gasteiger partial charge >= 0.3 is 0 Å². The minimum atomic E-state index is 0.00718. The van der Waals surface area contributed by atoms with Gasteiger partial charge in [0.15, 0.2) is 0 Å². The highest BCUT2D eigenvalue weighted by Gasteiger charge is 2.45. The predicted molar refractivity (Wildman–Crippen MR) is 45.2 cm³/mol. The molecule has 0 heterocycles. The maximum absolute atomic E-state index is 9.62. The number of rotatable bonds is 0. The van der Waals surface area contributed by atoms with Crippen molar-refractivity contribution < 1.29 is 5.11 Å². The van der Waals surface area contributed by atoms with Crippen molar-refractivity contribution in [1.82, 2.24) is 0 Å². The highest BCUT2D eigenvalue weighted by molar-refractivity contribution is 4.95. The average molecular weight is 154 g/mol. The van der Waals surface area contributed by atoms with Crippen LogP contribution < -0.4 is 0 Å². The Morgan fingerprint density at radius 3 is 2.45 bits per heavy atom. The third-order valence-electron chi connectivity index (χ3n) is 4.03. The lowest BCUT2D eigenvalue weighted by Gasteiger charge is -2.15. The van der Waals surface area contributed by atoms with Gasteiger partial charge in [0.25, 0.3) is 0 Å². The van der Waals surface area contributed by atoms with E-state index in [0.29, 0.717) is 5.92 Å². The van der Waals surface area contributed by atoms with E-state index < -0.39 is 0 Å². The van der Waals surface area contributed by atoms with Crippen LogP contribution in [0.4, 0.5) is 0 Å². The second kappa shape index (κ2) is 2.48. The van der Waals surface area contributed by atoms with Crippen LogP contribution in [0.5, 0.6) is 0 Å². The Morgan fingerprint density at radius 1 is 1.09 bits per heavy atom. The standard InChI is InChI=1S/C10H18O/c1-6-3-4-8-7(2)10(11)5-9(6)8/h6-11H,3-5H2,1-2H3/t6-,7+,8+,9+,10-/m1/s1. The summed E-state index contributed by atoms with van der Waals surface area (Å²) in [6.07, 6.45) is 3.84. The van der Waals surface area contributed by atoms with Gasteiger partial charge in [-0.15, -0.1) is 0 Å². The van der Waals surface area contributed by atoms with Crippen molar-refractivity contribution in [3.05, 3.63) is 0 Å². The zero-order chi connectivity index (χ0) is 8.01. The van der Waals surface area contributed by atoms with Crippen LogP contribution in [-0.4, -0.2) is 11.2 Å². The summed E-state index contributed by atoms with van der Waals surface area (Å²) in [7, 11) is 0. The molecule has 0 aromatic rings. The van der Waals surface area contributed by atoms with Crippen molar-refractivity contribution in [1.29, 1.82) is 0 Å². The van der Waals surface area contributed by atoms with Crippen LogP contribution in [0.15, 0.2) is 0 Å². The molecule has 5 atom stereocenters. The first-order valence-electron chi connectivity index (χ1n) is 4.88. The summed E-state index contributed by atoms with van der Waals surface area (Å²) < 4.78 is 0. The lowest BCUT2D eigenvalue weighted by Crippen LogP contribution is -2.14. The minimum Gasteiger partial charge on any atom is -0.393 e. The molecule has 0 amide bonds. The molecule has 0 radical (unpaired) electrons. The normalized spacial score (nSPS) is 56.5. The van der Waals surface area contributed by atoms with Crippen LogP contribution in [-0.2, 0) is 0 Å². The molecular weight excluding hydrogens is 136 g/mol. The first-order chi connectivity index (χ1) is 5.20. The highest BCUT2D eigenvalue weighted by atomic mass is 16.3. The van der Waals surface area contributed by atoms with E-state index in [4.69, 9.17) is 0 Å². The minimum absolute atomic E-state index is 0.00718. The van der Waals surface area contributed by atoms with Crippen molar-refractivity contribution in [3.8, 4) is 0 Å². The summed E-state index contributed by atoms with van der Waals surface area (Å²) >= 11 is 0. The Hall–Kier alpha value is -0.0400. The monoisotopic (exact) mass is 154 g/mol. The quantitative estimate of drug-likeness (QED) is 0.566. The number of fused-ring (bicyclic) bond motifs is 1. The molecule has 2 fully saturated rings.